The van der Waals surface area contributed by atoms with Gasteiger partial charge in [0, 0.05) is 12.1 Å². The van der Waals surface area contributed by atoms with Crippen LogP contribution < -0.4 is 10.7 Å². The molecule has 1 aliphatic rings. The number of likely N-dealkylation sites (N-methyl/N-ethyl adjacent to an activating group) is 1. The summed E-state index contributed by atoms with van der Waals surface area (Å²) in [4.78, 5) is 24.5. The average Bonchev–Trinajstić information content (AvgIpc) is 3.00. The Morgan fingerprint density at radius 2 is 1.92 bits per heavy atom. The van der Waals surface area contributed by atoms with E-state index in [-0.39, 0.29) is 15.5 Å². The zero-order chi connectivity index (χ0) is 18.4. The first kappa shape index (κ1) is 17.5. The number of amides is 1. The number of nitrogens with one attached hydrogen (secondary N) is 1. The SMILES string of the molecule is CN1C(C(=O)Nc2ccc(Cl)ccc2=O)=C(O)c2sccc2S1(=O)=O. The Labute approximate surface area is 151 Å². The van der Waals surface area contributed by atoms with Gasteiger partial charge in [0.05, 0.1) is 10.6 Å². The molecule has 0 radical (unpaired) electrons. The smallest absolute Gasteiger partial charge is 0.276 e. The van der Waals surface area contributed by atoms with E-state index in [1.165, 1.54) is 35.7 Å². The van der Waals surface area contributed by atoms with Gasteiger partial charge in [-0.1, -0.05) is 11.6 Å². The largest absolute Gasteiger partial charge is 0.504 e. The highest BCUT2D eigenvalue weighted by Crippen LogP contribution is 2.38. The molecule has 0 saturated carbocycles. The Bertz CT molecular complexity index is 1080. The predicted octanol–water partition coefficient (Wildman–Crippen LogP) is 2.26. The number of nitrogens with zero attached hydrogens (tertiary/aromatic N) is 1. The van der Waals surface area contributed by atoms with Crippen LogP contribution in [0.15, 0.2) is 51.1 Å². The van der Waals surface area contributed by atoms with Crippen LogP contribution in [0.25, 0.3) is 5.76 Å². The van der Waals surface area contributed by atoms with Crippen LogP contribution in [-0.2, 0) is 14.8 Å². The van der Waals surface area contributed by atoms with Crippen molar-refractivity contribution in [2.75, 3.05) is 12.4 Å². The van der Waals surface area contributed by atoms with Gasteiger partial charge < -0.3 is 10.4 Å². The van der Waals surface area contributed by atoms with E-state index in [9.17, 15) is 23.1 Å². The van der Waals surface area contributed by atoms with Crippen molar-refractivity contribution in [1.82, 2.24) is 4.31 Å². The van der Waals surface area contributed by atoms with Gasteiger partial charge in [0.25, 0.3) is 15.9 Å². The molecule has 0 aliphatic carbocycles. The van der Waals surface area contributed by atoms with Gasteiger partial charge >= 0.3 is 0 Å². The highest BCUT2D eigenvalue weighted by molar-refractivity contribution is 7.89. The molecule has 3 rings (SSSR count). The van der Waals surface area contributed by atoms with Gasteiger partial charge in [-0.15, -0.1) is 11.3 Å². The van der Waals surface area contributed by atoms with E-state index in [1.807, 2.05) is 0 Å². The van der Waals surface area contributed by atoms with Crippen molar-refractivity contribution in [3.05, 3.63) is 61.5 Å². The number of halogens is 1. The number of rotatable bonds is 2. The summed E-state index contributed by atoms with van der Waals surface area (Å²) in [6, 6.07) is 6.60. The van der Waals surface area contributed by atoms with Crippen molar-refractivity contribution in [2.24, 2.45) is 0 Å². The first-order valence-electron chi connectivity index (χ1n) is 6.84. The van der Waals surface area contributed by atoms with Gasteiger partial charge in [0.15, 0.2) is 11.5 Å². The molecule has 10 heteroatoms. The maximum absolute atomic E-state index is 12.5. The maximum atomic E-state index is 12.5. The number of aliphatic hydroxyl groups is 1. The second kappa shape index (κ2) is 6.17. The van der Waals surface area contributed by atoms with Crippen LogP contribution in [0, 0.1) is 0 Å². The minimum absolute atomic E-state index is 0.0727. The quantitative estimate of drug-likeness (QED) is 0.807. The Balaban J connectivity index is 2.08. The number of hydrogen-bond donors (Lipinski definition) is 2. The zero-order valence-electron chi connectivity index (χ0n) is 12.7. The van der Waals surface area contributed by atoms with E-state index in [2.05, 4.69) is 5.32 Å². The van der Waals surface area contributed by atoms with Crippen molar-refractivity contribution >= 4 is 50.3 Å². The summed E-state index contributed by atoms with van der Waals surface area (Å²) >= 11 is 6.79. The molecule has 0 fully saturated rings. The molecule has 1 aliphatic heterocycles. The van der Waals surface area contributed by atoms with Crippen molar-refractivity contribution in [2.45, 2.75) is 4.90 Å². The summed E-state index contributed by atoms with van der Waals surface area (Å²) in [7, 11) is -2.81. The maximum Gasteiger partial charge on any atom is 0.276 e. The van der Waals surface area contributed by atoms with Crippen LogP contribution in [0.2, 0.25) is 5.02 Å². The fraction of sp³-hybridized carbons (Fsp3) is 0.0667. The number of thiophene rings is 1. The van der Waals surface area contributed by atoms with Crippen molar-refractivity contribution in [1.29, 1.82) is 0 Å². The monoisotopic (exact) mass is 398 g/mol. The number of aliphatic hydroxyl groups excluding tert-OH is 1. The fourth-order valence-corrected chi connectivity index (χ4v) is 4.96. The molecule has 0 bridgehead atoms. The van der Waals surface area contributed by atoms with E-state index >= 15 is 0 Å². The van der Waals surface area contributed by atoms with Crippen molar-refractivity contribution < 1.29 is 18.3 Å². The average molecular weight is 399 g/mol. The van der Waals surface area contributed by atoms with Crippen molar-refractivity contribution in [3.8, 4) is 0 Å². The van der Waals surface area contributed by atoms with Crippen LogP contribution in [0.1, 0.15) is 4.88 Å². The van der Waals surface area contributed by atoms with E-state index in [0.29, 0.717) is 9.33 Å². The Morgan fingerprint density at radius 1 is 1.24 bits per heavy atom. The molecule has 1 aromatic heterocycles. The topological polar surface area (TPSA) is 104 Å². The third-order valence-corrected chi connectivity index (χ3v) is 6.66. The molecule has 2 heterocycles. The number of carbonyl (C=O) groups excluding carboxylic acids is 1. The molecular weight excluding hydrogens is 388 g/mol. The summed E-state index contributed by atoms with van der Waals surface area (Å²) in [5, 5.41) is 14.5. The number of hydrogen-bond acceptors (Lipinski definition) is 6. The predicted molar refractivity (Wildman–Crippen MR) is 95.2 cm³/mol. The van der Waals surface area contributed by atoms with Gasteiger partial charge in [-0.25, -0.2) is 8.42 Å². The first-order chi connectivity index (χ1) is 11.7. The summed E-state index contributed by atoms with van der Waals surface area (Å²) in [6.45, 7) is 0. The fourth-order valence-electron chi connectivity index (χ4n) is 2.28. The van der Waals surface area contributed by atoms with E-state index in [0.717, 1.165) is 18.4 Å². The molecule has 0 spiro atoms. The zero-order valence-corrected chi connectivity index (χ0v) is 15.1. The van der Waals surface area contributed by atoms with Gasteiger partial charge in [-0.3, -0.25) is 13.9 Å². The minimum Gasteiger partial charge on any atom is -0.504 e. The van der Waals surface area contributed by atoms with Gasteiger partial charge in [-0.2, -0.15) is 0 Å². The normalized spacial score (nSPS) is 15.7. The Morgan fingerprint density at radius 3 is 2.64 bits per heavy atom. The highest BCUT2D eigenvalue weighted by atomic mass is 35.5. The van der Waals surface area contributed by atoms with Gasteiger partial charge in [0.2, 0.25) is 5.43 Å². The third kappa shape index (κ3) is 2.90. The van der Waals surface area contributed by atoms with E-state index in [1.54, 1.807) is 0 Å². The molecule has 7 nitrogen and oxygen atoms in total. The number of carbonyl (C=O) groups is 1. The van der Waals surface area contributed by atoms with Crippen molar-refractivity contribution in [3.63, 3.8) is 0 Å². The minimum atomic E-state index is -3.96. The molecule has 1 aromatic carbocycles. The molecule has 2 aromatic rings. The molecule has 0 saturated heterocycles. The lowest BCUT2D eigenvalue weighted by molar-refractivity contribution is -0.113. The van der Waals surface area contributed by atoms with E-state index in [4.69, 9.17) is 11.6 Å². The van der Waals surface area contributed by atoms with Crippen LogP contribution >= 0.6 is 22.9 Å². The second-order valence-corrected chi connectivity index (χ2v) is 8.36. The molecule has 130 valence electrons. The molecule has 1 amide bonds. The summed E-state index contributed by atoms with van der Waals surface area (Å²) < 4.78 is 25.6. The summed E-state index contributed by atoms with van der Waals surface area (Å²) in [5.74, 6) is -1.40. The molecule has 2 N–H and O–H groups in total. The standard InChI is InChI=1S/C15H11ClN2O5S2/c1-18-12(13(20)14-11(6-7-24-14)25(18,22)23)15(21)17-9-4-2-8(16)3-5-10(9)19/h2-7,20H,1H3,(H,17,19,21). The number of anilines is 1. The lowest BCUT2D eigenvalue weighted by Crippen LogP contribution is -2.37. The Hall–Kier alpha value is -2.36. The summed E-state index contributed by atoms with van der Waals surface area (Å²) in [5.41, 5.74) is -1.08. The highest BCUT2D eigenvalue weighted by Gasteiger charge is 2.38. The lowest BCUT2D eigenvalue weighted by atomic mass is 10.2. The van der Waals surface area contributed by atoms with Gasteiger partial charge in [-0.05, 0) is 35.7 Å². The van der Waals surface area contributed by atoms with Crippen LogP contribution in [-0.4, -0.2) is 30.8 Å². The molecular formula is C15H11ClN2O5S2. The second-order valence-electron chi connectivity index (χ2n) is 5.07. The van der Waals surface area contributed by atoms with Gasteiger partial charge in [0.1, 0.15) is 4.90 Å². The Kier molecular flexibility index (Phi) is 4.31. The summed E-state index contributed by atoms with van der Waals surface area (Å²) in [6.07, 6.45) is 0. The molecule has 0 unspecified atom stereocenters. The first-order valence-corrected chi connectivity index (χ1v) is 9.54. The number of sulfonamides is 1. The van der Waals surface area contributed by atoms with E-state index < -0.39 is 32.8 Å². The molecule has 25 heavy (non-hydrogen) atoms. The molecule has 0 atom stereocenters. The van der Waals surface area contributed by atoms with Crippen LogP contribution in [0.4, 0.5) is 5.69 Å². The number of fused-ring (bicyclic) bond motifs is 1. The lowest BCUT2D eigenvalue weighted by Gasteiger charge is -2.26. The third-order valence-electron chi connectivity index (χ3n) is 3.55. The van der Waals surface area contributed by atoms with Crippen LogP contribution in [0.3, 0.4) is 0 Å². The van der Waals surface area contributed by atoms with Crippen LogP contribution in [0.5, 0.6) is 0 Å².